The number of allylic oxidation sites excluding steroid dienone is 4. The first kappa shape index (κ1) is 34.0. The molecular weight excluding hydrogens is 707 g/mol. The molecule has 3 aliphatic rings. The molecule has 11 heteroatoms. The van der Waals surface area contributed by atoms with Crippen molar-refractivity contribution in [3.63, 3.8) is 0 Å². The number of aromatic nitrogens is 2. The zero-order valence-electron chi connectivity index (χ0n) is 29.3. The highest BCUT2D eigenvalue weighted by Crippen LogP contribution is 2.43. The number of anilines is 1. The smallest absolute Gasteiger partial charge is 0.293 e. The van der Waals surface area contributed by atoms with Gasteiger partial charge in [-0.05, 0) is 103 Å². The number of Topliss-reactive ketones (excluding diaryl/α,β-unsaturated/α-hetero) is 2. The van der Waals surface area contributed by atoms with Crippen molar-refractivity contribution in [1.29, 1.82) is 0 Å². The molecule has 0 spiro atoms. The second-order valence-electron chi connectivity index (χ2n) is 14.0. The van der Waals surface area contributed by atoms with Crippen LogP contribution in [0.4, 0.5) is 18.9 Å². The maximum atomic E-state index is 14.5. The Balaban J connectivity index is 1.18. The first-order valence-corrected chi connectivity index (χ1v) is 17.5. The monoisotopic (exact) mass is 735 g/mol. The fraction of sp³-hybridized carbons (Fsp3) is 0.136. The first-order chi connectivity index (χ1) is 26.3. The molecule has 2 aliphatic carbocycles. The summed E-state index contributed by atoms with van der Waals surface area (Å²) in [6.07, 6.45) is 2.11. The Kier molecular flexibility index (Phi) is 7.51. The summed E-state index contributed by atoms with van der Waals surface area (Å²) in [7, 11) is 0. The number of rotatable bonds is 5. The highest BCUT2D eigenvalue weighted by Gasteiger charge is 2.44. The molecule has 8 nitrogen and oxygen atoms in total. The van der Waals surface area contributed by atoms with Gasteiger partial charge in [0.15, 0.2) is 11.6 Å². The van der Waals surface area contributed by atoms with E-state index in [9.17, 15) is 37.1 Å². The van der Waals surface area contributed by atoms with E-state index >= 15 is 0 Å². The molecule has 0 saturated carbocycles. The molecule has 2 heterocycles. The summed E-state index contributed by atoms with van der Waals surface area (Å²) in [5.41, 5.74) is 3.01. The zero-order chi connectivity index (χ0) is 38.5. The number of hydrogen-bond acceptors (Lipinski definition) is 6. The van der Waals surface area contributed by atoms with E-state index in [0.717, 1.165) is 56.4 Å². The van der Waals surface area contributed by atoms with E-state index in [1.807, 2.05) is 38.1 Å². The third-order valence-corrected chi connectivity index (χ3v) is 10.7. The number of aryl methyl sites for hydroxylation is 2. The molecule has 0 atom stereocenters. The number of carbonyl (C=O) groups excluding carboxylic acids is 4. The van der Waals surface area contributed by atoms with Crippen molar-refractivity contribution in [3.05, 3.63) is 169 Å². The van der Waals surface area contributed by atoms with Crippen molar-refractivity contribution in [2.24, 2.45) is 0 Å². The van der Waals surface area contributed by atoms with Crippen molar-refractivity contribution < 1.29 is 32.3 Å². The predicted molar refractivity (Wildman–Crippen MR) is 201 cm³/mol. The minimum absolute atomic E-state index is 0.0532. The van der Waals surface area contributed by atoms with Crippen LogP contribution < -0.4 is 10.5 Å². The molecule has 0 unspecified atom stereocenters. The molecule has 5 aromatic carbocycles. The van der Waals surface area contributed by atoms with Crippen LogP contribution in [0.1, 0.15) is 87.4 Å². The Morgan fingerprint density at radius 2 is 1.35 bits per heavy atom. The fourth-order valence-corrected chi connectivity index (χ4v) is 8.17. The van der Waals surface area contributed by atoms with Crippen LogP contribution in [-0.4, -0.2) is 32.9 Å². The van der Waals surface area contributed by atoms with Crippen molar-refractivity contribution in [1.82, 2.24) is 9.55 Å². The predicted octanol–water partition coefficient (Wildman–Crippen LogP) is 8.54. The standard InChI is InChI=1S/C44H28F3N3O5/c1-22-18-26(25-10-6-7-11-25)19-23(2)37(22)50-42(54)30-15-13-28-34-29(14-16-31(35(30)34)43(50)55)39(52)36(38(28)51)40-48-33-17-12-27(44(45,46)47)20-32(33)41(53)49(40)21-24-8-4-3-5-9-24/h3-10,12-20,36H,11,21H2,1-2H3. The van der Waals surface area contributed by atoms with Gasteiger partial charge in [-0.2, -0.15) is 13.2 Å². The summed E-state index contributed by atoms with van der Waals surface area (Å²) < 4.78 is 42.2. The lowest BCUT2D eigenvalue weighted by atomic mass is 9.76. The summed E-state index contributed by atoms with van der Waals surface area (Å²) in [6, 6.07) is 20.9. The first-order valence-electron chi connectivity index (χ1n) is 17.5. The molecule has 55 heavy (non-hydrogen) atoms. The molecule has 1 aromatic heterocycles. The number of carbonyl (C=O) groups is 4. The van der Waals surface area contributed by atoms with Crippen LogP contribution >= 0.6 is 0 Å². The Morgan fingerprint density at radius 3 is 1.93 bits per heavy atom. The lowest BCUT2D eigenvalue weighted by Gasteiger charge is -2.32. The maximum Gasteiger partial charge on any atom is 0.416 e. The molecule has 0 bridgehead atoms. The molecule has 1 aliphatic heterocycles. The molecule has 0 radical (unpaired) electrons. The Morgan fingerprint density at radius 1 is 0.745 bits per heavy atom. The van der Waals surface area contributed by atoms with Gasteiger partial charge in [0.2, 0.25) is 0 Å². The zero-order valence-corrected chi connectivity index (χ0v) is 29.3. The quantitative estimate of drug-likeness (QED) is 0.130. The minimum Gasteiger partial charge on any atom is -0.293 e. The molecule has 0 saturated heterocycles. The van der Waals surface area contributed by atoms with Crippen LogP contribution in [0.25, 0.3) is 27.2 Å². The minimum atomic E-state index is -4.73. The second-order valence-corrected chi connectivity index (χ2v) is 14.0. The van der Waals surface area contributed by atoms with Crippen molar-refractivity contribution in [2.45, 2.75) is 38.9 Å². The number of nitrogens with zero attached hydrogens (tertiary/aromatic N) is 3. The van der Waals surface area contributed by atoms with Gasteiger partial charge < -0.3 is 0 Å². The van der Waals surface area contributed by atoms with Gasteiger partial charge in [-0.3, -0.25) is 28.5 Å². The van der Waals surface area contributed by atoms with E-state index in [1.54, 1.807) is 30.3 Å². The van der Waals surface area contributed by atoms with Crippen LogP contribution in [0.5, 0.6) is 0 Å². The summed E-state index contributed by atoms with van der Waals surface area (Å²) >= 11 is 0. The van der Waals surface area contributed by atoms with Gasteiger partial charge in [0, 0.05) is 33.0 Å². The Labute approximate surface area is 310 Å². The largest absolute Gasteiger partial charge is 0.416 e. The van der Waals surface area contributed by atoms with E-state index in [0.29, 0.717) is 11.3 Å². The third-order valence-electron chi connectivity index (χ3n) is 10.7. The fourth-order valence-electron chi connectivity index (χ4n) is 8.17. The topological polar surface area (TPSA) is 106 Å². The van der Waals surface area contributed by atoms with E-state index < -0.39 is 46.6 Å². The number of imide groups is 1. The van der Waals surface area contributed by atoms with Crippen molar-refractivity contribution in [2.75, 3.05) is 4.90 Å². The Hall–Kier alpha value is -6.75. The van der Waals surface area contributed by atoms with Gasteiger partial charge in [-0.25, -0.2) is 9.88 Å². The summed E-state index contributed by atoms with van der Waals surface area (Å²) in [5, 5.41) is 0.0152. The van der Waals surface area contributed by atoms with Crippen molar-refractivity contribution >= 4 is 56.3 Å². The SMILES string of the molecule is Cc1cc(C2=CC=CC2)cc(C)c1N1C(=O)c2ccc3c4c(ccc(c24)C1=O)C(=O)C(c1nc2ccc(C(F)(F)F)cc2c(=O)n1Cc1ccccc1)C3=O. The van der Waals surface area contributed by atoms with Crippen LogP contribution in [0.15, 0.2) is 108 Å². The van der Waals surface area contributed by atoms with Gasteiger partial charge in [-0.1, -0.05) is 48.6 Å². The molecule has 0 N–H and O–H groups in total. The van der Waals surface area contributed by atoms with Gasteiger partial charge in [0.05, 0.1) is 28.7 Å². The maximum absolute atomic E-state index is 14.5. The molecule has 0 fully saturated rings. The molecular formula is C44H28F3N3O5. The number of alkyl halides is 3. The second kappa shape index (κ2) is 12.1. The van der Waals surface area contributed by atoms with E-state index in [4.69, 9.17) is 0 Å². The van der Waals surface area contributed by atoms with E-state index in [2.05, 4.69) is 11.1 Å². The average Bonchev–Trinajstić information content (AvgIpc) is 3.71. The summed E-state index contributed by atoms with van der Waals surface area (Å²) in [4.78, 5) is 77.4. The average molecular weight is 736 g/mol. The highest BCUT2D eigenvalue weighted by atomic mass is 19.4. The van der Waals surface area contributed by atoms with Gasteiger partial charge in [-0.15, -0.1) is 0 Å². The molecule has 270 valence electrons. The number of ketones is 2. The lowest BCUT2D eigenvalue weighted by Crippen LogP contribution is -2.42. The number of fused-ring (bicyclic) bond motifs is 1. The normalized spacial score (nSPS) is 15.5. The number of halogens is 3. The Bertz CT molecular complexity index is 2790. The van der Waals surface area contributed by atoms with Gasteiger partial charge in [0.1, 0.15) is 11.7 Å². The van der Waals surface area contributed by atoms with Crippen molar-refractivity contribution in [3.8, 4) is 0 Å². The van der Waals surface area contributed by atoms with E-state index in [-0.39, 0.29) is 56.3 Å². The van der Waals surface area contributed by atoms with Gasteiger partial charge in [0.25, 0.3) is 17.4 Å². The van der Waals surface area contributed by atoms with Crippen LogP contribution in [0.3, 0.4) is 0 Å². The highest BCUT2D eigenvalue weighted by molar-refractivity contribution is 6.41. The molecule has 2 amide bonds. The van der Waals surface area contributed by atoms with Crippen LogP contribution in [0.2, 0.25) is 0 Å². The molecule has 6 aromatic rings. The number of hydrogen-bond donors (Lipinski definition) is 0. The van der Waals surface area contributed by atoms with Crippen LogP contribution in [-0.2, 0) is 12.7 Å². The number of amides is 2. The molecule has 9 rings (SSSR count). The van der Waals surface area contributed by atoms with E-state index in [1.165, 1.54) is 24.3 Å². The lowest BCUT2D eigenvalue weighted by molar-refractivity contribution is -0.137. The third kappa shape index (κ3) is 5.14. The summed E-state index contributed by atoms with van der Waals surface area (Å²) in [5.74, 6) is -4.52. The summed E-state index contributed by atoms with van der Waals surface area (Å²) in [6.45, 7) is 3.50. The van der Waals surface area contributed by atoms with Gasteiger partial charge >= 0.3 is 6.18 Å². The van der Waals surface area contributed by atoms with Crippen LogP contribution in [0, 0.1) is 13.8 Å². The number of benzene rings is 5.